The highest BCUT2D eigenvalue weighted by Crippen LogP contribution is 2.34. The summed E-state index contributed by atoms with van der Waals surface area (Å²) in [5, 5.41) is 3.22. The molecule has 0 fully saturated rings. The van der Waals surface area contributed by atoms with E-state index in [4.69, 9.17) is 22.1 Å². The predicted molar refractivity (Wildman–Crippen MR) is 76.7 cm³/mol. The molecular weight excluding hydrogens is 264 g/mol. The summed E-state index contributed by atoms with van der Waals surface area (Å²) in [4.78, 5) is 11.1. The van der Waals surface area contributed by atoms with Crippen molar-refractivity contribution in [2.75, 3.05) is 11.1 Å². The van der Waals surface area contributed by atoms with Gasteiger partial charge in [-0.3, -0.25) is 4.79 Å². The largest absolute Gasteiger partial charge is 0.453 e. The van der Waals surface area contributed by atoms with E-state index < -0.39 is 0 Å². The van der Waals surface area contributed by atoms with Crippen LogP contribution in [-0.4, -0.2) is 5.91 Å². The molecule has 98 valence electrons. The first-order chi connectivity index (χ1) is 9.06. The molecule has 0 spiro atoms. The smallest absolute Gasteiger partial charge is 0.221 e. The minimum atomic E-state index is -0.171. The fourth-order valence-corrected chi connectivity index (χ4v) is 1.73. The Labute approximate surface area is 116 Å². The molecule has 0 radical (unpaired) electrons. The number of nitrogens with two attached hydrogens (primary N) is 1. The topological polar surface area (TPSA) is 64.3 Å². The van der Waals surface area contributed by atoms with Crippen molar-refractivity contribution < 1.29 is 9.53 Å². The van der Waals surface area contributed by atoms with E-state index in [1.165, 1.54) is 6.92 Å². The molecule has 0 atom stereocenters. The molecule has 0 bridgehead atoms. The number of carbonyl (C=O) groups excluding carboxylic acids is 1. The zero-order chi connectivity index (χ0) is 13.8. The van der Waals surface area contributed by atoms with Gasteiger partial charge in [0.1, 0.15) is 0 Å². The number of carbonyl (C=O) groups is 1. The highest BCUT2D eigenvalue weighted by atomic mass is 35.5. The second-order valence-corrected chi connectivity index (χ2v) is 4.40. The van der Waals surface area contributed by atoms with Gasteiger partial charge in [0, 0.05) is 18.0 Å². The van der Waals surface area contributed by atoms with Gasteiger partial charge in [-0.1, -0.05) is 23.7 Å². The summed E-state index contributed by atoms with van der Waals surface area (Å²) in [6, 6.07) is 12.1. The molecule has 0 saturated carbocycles. The summed E-state index contributed by atoms with van der Waals surface area (Å²) in [7, 11) is 0. The Morgan fingerprint density at radius 2 is 1.95 bits per heavy atom. The number of rotatable bonds is 3. The lowest BCUT2D eigenvalue weighted by atomic mass is 10.2. The molecule has 0 aliphatic carbocycles. The van der Waals surface area contributed by atoms with Crippen LogP contribution in [0, 0.1) is 0 Å². The Morgan fingerprint density at radius 3 is 2.68 bits per heavy atom. The average Bonchev–Trinajstić information content (AvgIpc) is 2.35. The number of halogens is 1. The van der Waals surface area contributed by atoms with Gasteiger partial charge in [0.05, 0.1) is 11.4 Å². The molecule has 2 aromatic carbocycles. The number of hydrogen-bond donors (Lipinski definition) is 2. The molecule has 1 amide bonds. The number of nitrogens with one attached hydrogen (secondary N) is 1. The Morgan fingerprint density at radius 1 is 1.21 bits per heavy atom. The molecule has 2 rings (SSSR count). The molecule has 2 aromatic rings. The average molecular weight is 277 g/mol. The maximum absolute atomic E-state index is 11.1. The molecule has 19 heavy (non-hydrogen) atoms. The van der Waals surface area contributed by atoms with Crippen LogP contribution in [0.3, 0.4) is 0 Å². The minimum Gasteiger partial charge on any atom is -0.453 e. The van der Waals surface area contributed by atoms with Crippen molar-refractivity contribution in [1.29, 1.82) is 0 Å². The Bertz CT molecular complexity index is 614. The standard InChI is InChI=1S/C14H13ClN2O2/c1-9(18)17-12-4-2-3-5-13(12)19-14-8-10(15)6-7-11(14)16/h2-8H,16H2,1H3,(H,17,18). The summed E-state index contributed by atoms with van der Waals surface area (Å²) >= 11 is 5.90. The van der Waals surface area contributed by atoms with Crippen LogP contribution < -0.4 is 15.8 Å². The van der Waals surface area contributed by atoms with E-state index in [1.807, 2.05) is 0 Å². The van der Waals surface area contributed by atoms with Crippen LogP contribution in [0.1, 0.15) is 6.92 Å². The van der Waals surface area contributed by atoms with Crippen LogP contribution in [0.25, 0.3) is 0 Å². The summed E-state index contributed by atoms with van der Waals surface area (Å²) in [6.45, 7) is 1.44. The minimum absolute atomic E-state index is 0.171. The molecule has 0 unspecified atom stereocenters. The van der Waals surface area contributed by atoms with Crippen LogP contribution in [0.5, 0.6) is 11.5 Å². The van der Waals surface area contributed by atoms with Gasteiger partial charge < -0.3 is 15.8 Å². The van der Waals surface area contributed by atoms with Gasteiger partial charge in [-0.25, -0.2) is 0 Å². The summed E-state index contributed by atoms with van der Waals surface area (Å²) in [5.74, 6) is 0.784. The molecule has 5 heteroatoms. The van der Waals surface area contributed by atoms with Gasteiger partial charge in [-0.15, -0.1) is 0 Å². The number of nitrogen functional groups attached to an aromatic ring is 1. The van der Waals surface area contributed by atoms with E-state index in [9.17, 15) is 4.79 Å². The fourth-order valence-electron chi connectivity index (χ4n) is 1.56. The summed E-state index contributed by atoms with van der Waals surface area (Å²) in [6.07, 6.45) is 0. The summed E-state index contributed by atoms with van der Waals surface area (Å²) < 4.78 is 5.70. The van der Waals surface area contributed by atoms with Crippen molar-refractivity contribution in [3.05, 3.63) is 47.5 Å². The first-order valence-electron chi connectivity index (χ1n) is 5.66. The van der Waals surface area contributed by atoms with Gasteiger partial charge in [0.25, 0.3) is 0 Å². The van der Waals surface area contributed by atoms with E-state index in [-0.39, 0.29) is 5.91 Å². The van der Waals surface area contributed by atoms with E-state index in [0.717, 1.165) is 0 Å². The molecular formula is C14H13ClN2O2. The molecule has 0 heterocycles. The quantitative estimate of drug-likeness (QED) is 0.841. The van der Waals surface area contributed by atoms with E-state index in [2.05, 4.69) is 5.32 Å². The van der Waals surface area contributed by atoms with E-state index >= 15 is 0 Å². The van der Waals surface area contributed by atoms with Crippen LogP contribution in [0.15, 0.2) is 42.5 Å². The SMILES string of the molecule is CC(=O)Nc1ccccc1Oc1cc(Cl)ccc1N. The highest BCUT2D eigenvalue weighted by molar-refractivity contribution is 6.30. The molecule has 3 N–H and O–H groups in total. The monoisotopic (exact) mass is 276 g/mol. The lowest BCUT2D eigenvalue weighted by Crippen LogP contribution is -2.06. The van der Waals surface area contributed by atoms with Crippen LogP contribution >= 0.6 is 11.6 Å². The van der Waals surface area contributed by atoms with Crippen molar-refractivity contribution in [3.63, 3.8) is 0 Å². The van der Waals surface area contributed by atoms with Gasteiger partial charge >= 0.3 is 0 Å². The number of hydrogen-bond acceptors (Lipinski definition) is 3. The fraction of sp³-hybridized carbons (Fsp3) is 0.0714. The van der Waals surface area contributed by atoms with Gasteiger partial charge in [-0.2, -0.15) is 0 Å². The zero-order valence-corrected chi connectivity index (χ0v) is 11.1. The van der Waals surface area contributed by atoms with E-state index in [1.54, 1.807) is 42.5 Å². The third-order valence-electron chi connectivity index (χ3n) is 2.39. The molecule has 0 aromatic heterocycles. The first kappa shape index (κ1) is 13.2. The summed E-state index contributed by atoms with van der Waals surface area (Å²) in [5.41, 5.74) is 6.87. The normalized spacial score (nSPS) is 10.0. The van der Waals surface area contributed by atoms with Crippen LogP contribution in [0.2, 0.25) is 5.02 Å². The second kappa shape index (κ2) is 5.63. The predicted octanol–water partition coefficient (Wildman–Crippen LogP) is 3.67. The molecule has 0 aliphatic heterocycles. The Hall–Kier alpha value is -2.20. The van der Waals surface area contributed by atoms with Gasteiger partial charge in [0.15, 0.2) is 11.5 Å². The molecule has 0 aliphatic rings. The Balaban J connectivity index is 2.32. The van der Waals surface area contributed by atoms with Crippen molar-refractivity contribution in [3.8, 4) is 11.5 Å². The number of amides is 1. The number of ether oxygens (including phenoxy) is 1. The molecule has 4 nitrogen and oxygen atoms in total. The van der Waals surface area contributed by atoms with Crippen molar-refractivity contribution in [2.24, 2.45) is 0 Å². The van der Waals surface area contributed by atoms with Crippen LogP contribution in [0.4, 0.5) is 11.4 Å². The maximum Gasteiger partial charge on any atom is 0.221 e. The lowest BCUT2D eigenvalue weighted by molar-refractivity contribution is -0.114. The number of para-hydroxylation sites is 2. The molecule has 0 saturated heterocycles. The van der Waals surface area contributed by atoms with E-state index in [0.29, 0.717) is 27.9 Å². The lowest BCUT2D eigenvalue weighted by Gasteiger charge is -2.12. The number of anilines is 2. The van der Waals surface area contributed by atoms with Gasteiger partial charge in [-0.05, 0) is 24.3 Å². The van der Waals surface area contributed by atoms with Crippen LogP contribution in [-0.2, 0) is 4.79 Å². The second-order valence-electron chi connectivity index (χ2n) is 3.96. The number of benzene rings is 2. The zero-order valence-electron chi connectivity index (χ0n) is 10.3. The Kier molecular flexibility index (Phi) is 3.92. The van der Waals surface area contributed by atoms with Crippen molar-refractivity contribution in [2.45, 2.75) is 6.92 Å². The third kappa shape index (κ3) is 3.39. The highest BCUT2D eigenvalue weighted by Gasteiger charge is 2.08. The maximum atomic E-state index is 11.1. The third-order valence-corrected chi connectivity index (χ3v) is 2.63. The van der Waals surface area contributed by atoms with Crippen molar-refractivity contribution >= 4 is 28.9 Å². The van der Waals surface area contributed by atoms with Crippen molar-refractivity contribution in [1.82, 2.24) is 0 Å². The first-order valence-corrected chi connectivity index (χ1v) is 6.03. The van der Waals surface area contributed by atoms with Gasteiger partial charge in [0.2, 0.25) is 5.91 Å².